The van der Waals surface area contributed by atoms with Crippen LogP contribution in [0.3, 0.4) is 0 Å². The van der Waals surface area contributed by atoms with E-state index in [9.17, 15) is 14.4 Å². The monoisotopic (exact) mass is 436 g/mol. The number of benzene rings is 2. The van der Waals surface area contributed by atoms with Gasteiger partial charge in [-0.05, 0) is 42.2 Å². The van der Waals surface area contributed by atoms with Crippen LogP contribution in [0.1, 0.15) is 30.4 Å². The van der Waals surface area contributed by atoms with E-state index in [0.717, 1.165) is 18.5 Å². The third-order valence-corrected chi connectivity index (χ3v) is 5.14. The van der Waals surface area contributed by atoms with Crippen molar-refractivity contribution < 1.29 is 23.9 Å². The highest BCUT2D eigenvalue weighted by Gasteiger charge is 2.19. The molecule has 1 N–H and O–H groups in total. The zero-order chi connectivity index (χ0) is 22.8. The molecule has 0 aliphatic carbocycles. The quantitative estimate of drug-likeness (QED) is 0.268. The Balaban J connectivity index is 1.56. The highest BCUT2D eigenvalue weighted by atomic mass is 16.5. The topological polar surface area (TPSA) is 84.9 Å². The fourth-order valence-corrected chi connectivity index (χ4v) is 3.47. The van der Waals surface area contributed by atoms with Crippen LogP contribution in [-0.2, 0) is 19.1 Å². The standard InChI is InChI=1S/C25H28N2O5/c1-31-21-11-5-8-19(16-21)17-22(20-9-3-2-4-10-20)25(30)32-18-23(28)26-13-7-15-27-14-6-12-24(27)29/h2-5,8-11,16-17H,6-7,12-15,18H2,1H3,(H,26,28)/b22-17+. The van der Waals surface area contributed by atoms with Gasteiger partial charge in [-0.1, -0.05) is 42.5 Å². The third kappa shape index (κ3) is 6.70. The summed E-state index contributed by atoms with van der Waals surface area (Å²) in [5.41, 5.74) is 1.82. The molecule has 2 aromatic rings. The Bertz CT molecular complexity index is 971. The lowest BCUT2D eigenvalue weighted by atomic mass is 10.0. The van der Waals surface area contributed by atoms with Gasteiger partial charge in [0.2, 0.25) is 5.91 Å². The molecule has 1 heterocycles. The van der Waals surface area contributed by atoms with Crippen molar-refractivity contribution in [1.29, 1.82) is 0 Å². The molecule has 1 aliphatic heterocycles. The maximum absolute atomic E-state index is 12.8. The summed E-state index contributed by atoms with van der Waals surface area (Å²) >= 11 is 0. The summed E-state index contributed by atoms with van der Waals surface area (Å²) in [6.45, 7) is 1.46. The second-order valence-electron chi connectivity index (χ2n) is 7.46. The van der Waals surface area contributed by atoms with Gasteiger partial charge in [-0.2, -0.15) is 0 Å². The smallest absolute Gasteiger partial charge is 0.339 e. The molecule has 0 spiro atoms. The fraction of sp³-hybridized carbons (Fsp3) is 0.320. The minimum Gasteiger partial charge on any atom is -0.497 e. The molecule has 7 nitrogen and oxygen atoms in total. The number of amides is 2. The summed E-state index contributed by atoms with van der Waals surface area (Å²) in [5.74, 6) is -0.118. The molecule has 0 aromatic heterocycles. The first-order chi connectivity index (χ1) is 15.6. The molecule has 1 aliphatic rings. The number of carbonyl (C=O) groups excluding carboxylic acids is 3. The minimum absolute atomic E-state index is 0.168. The van der Waals surface area contributed by atoms with Crippen LogP contribution in [0.25, 0.3) is 11.6 Å². The molecular weight excluding hydrogens is 408 g/mol. The van der Waals surface area contributed by atoms with Gasteiger partial charge in [0, 0.05) is 26.1 Å². The van der Waals surface area contributed by atoms with Crippen molar-refractivity contribution in [3.05, 3.63) is 65.7 Å². The second-order valence-corrected chi connectivity index (χ2v) is 7.46. The van der Waals surface area contributed by atoms with E-state index >= 15 is 0 Å². The van der Waals surface area contributed by atoms with E-state index in [1.165, 1.54) is 0 Å². The molecule has 2 amide bonds. The molecule has 0 saturated carbocycles. The van der Waals surface area contributed by atoms with Crippen molar-refractivity contribution in [1.82, 2.24) is 10.2 Å². The summed E-state index contributed by atoms with van der Waals surface area (Å²) in [6, 6.07) is 16.5. The van der Waals surface area contributed by atoms with E-state index in [2.05, 4.69) is 5.32 Å². The predicted octanol–water partition coefficient (Wildman–Crippen LogP) is 2.91. The number of nitrogens with one attached hydrogen (secondary N) is 1. The van der Waals surface area contributed by atoms with E-state index in [-0.39, 0.29) is 18.4 Å². The van der Waals surface area contributed by atoms with Gasteiger partial charge < -0.3 is 19.7 Å². The Morgan fingerprint density at radius 1 is 1.12 bits per heavy atom. The molecule has 3 rings (SSSR count). The van der Waals surface area contributed by atoms with Gasteiger partial charge in [0.15, 0.2) is 6.61 Å². The Morgan fingerprint density at radius 3 is 2.66 bits per heavy atom. The lowest BCUT2D eigenvalue weighted by molar-refractivity contribution is -0.142. The molecule has 1 fully saturated rings. The van der Waals surface area contributed by atoms with E-state index in [1.54, 1.807) is 13.2 Å². The summed E-state index contributed by atoms with van der Waals surface area (Å²) in [5, 5.41) is 2.73. The molecule has 2 aromatic carbocycles. The summed E-state index contributed by atoms with van der Waals surface area (Å²) in [6.07, 6.45) is 3.88. The van der Waals surface area contributed by atoms with Crippen LogP contribution < -0.4 is 10.1 Å². The van der Waals surface area contributed by atoms with Gasteiger partial charge in [-0.3, -0.25) is 9.59 Å². The first-order valence-electron chi connectivity index (χ1n) is 10.7. The molecule has 7 heteroatoms. The van der Waals surface area contributed by atoms with E-state index in [1.807, 2.05) is 59.5 Å². The number of ether oxygens (including phenoxy) is 2. The van der Waals surface area contributed by atoms with Gasteiger partial charge in [0.25, 0.3) is 5.91 Å². The number of hydrogen-bond donors (Lipinski definition) is 1. The highest BCUT2D eigenvalue weighted by molar-refractivity contribution is 6.21. The number of methoxy groups -OCH3 is 1. The van der Waals surface area contributed by atoms with Crippen LogP contribution in [0.5, 0.6) is 5.75 Å². The first-order valence-corrected chi connectivity index (χ1v) is 10.7. The van der Waals surface area contributed by atoms with E-state index in [4.69, 9.17) is 9.47 Å². The Labute approximate surface area is 188 Å². The summed E-state index contributed by atoms with van der Waals surface area (Å²) in [4.78, 5) is 38.3. The van der Waals surface area contributed by atoms with Crippen LogP contribution in [0.15, 0.2) is 54.6 Å². The predicted molar refractivity (Wildman–Crippen MR) is 122 cm³/mol. The van der Waals surface area contributed by atoms with E-state index in [0.29, 0.717) is 42.8 Å². The van der Waals surface area contributed by atoms with Crippen molar-refractivity contribution in [3.8, 4) is 5.75 Å². The van der Waals surface area contributed by atoms with Crippen molar-refractivity contribution in [2.45, 2.75) is 19.3 Å². The maximum atomic E-state index is 12.8. The van der Waals surface area contributed by atoms with Crippen molar-refractivity contribution in [2.24, 2.45) is 0 Å². The molecular formula is C25H28N2O5. The number of hydrogen-bond acceptors (Lipinski definition) is 5. The largest absolute Gasteiger partial charge is 0.497 e. The molecule has 32 heavy (non-hydrogen) atoms. The van der Waals surface area contributed by atoms with Gasteiger partial charge in [-0.15, -0.1) is 0 Å². The van der Waals surface area contributed by atoms with Crippen LogP contribution in [0.4, 0.5) is 0 Å². The maximum Gasteiger partial charge on any atom is 0.339 e. The summed E-state index contributed by atoms with van der Waals surface area (Å²) in [7, 11) is 1.58. The van der Waals surface area contributed by atoms with Gasteiger partial charge >= 0.3 is 5.97 Å². The summed E-state index contributed by atoms with van der Waals surface area (Å²) < 4.78 is 10.5. The number of likely N-dealkylation sites (tertiary alicyclic amines) is 1. The zero-order valence-electron chi connectivity index (χ0n) is 18.2. The average molecular weight is 437 g/mol. The molecule has 0 bridgehead atoms. The molecule has 1 saturated heterocycles. The lowest BCUT2D eigenvalue weighted by Gasteiger charge is -2.15. The number of nitrogens with zero attached hydrogens (tertiary/aromatic N) is 1. The Kier molecular flexibility index (Phi) is 8.43. The molecule has 168 valence electrons. The fourth-order valence-electron chi connectivity index (χ4n) is 3.47. The van der Waals surface area contributed by atoms with Crippen LogP contribution in [0, 0.1) is 0 Å². The normalized spacial score (nSPS) is 13.7. The minimum atomic E-state index is -0.586. The van der Waals surface area contributed by atoms with Crippen LogP contribution >= 0.6 is 0 Å². The van der Waals surface area contributed by atoms with Crippen molar-refractivity contribution in [2.75, 3.05) is 33.4 Å². The number of rotatable bonds is 10. The van der Waals surface area contributed by atoms with Gasteiger partial charge in [-0.25, -0.2) is 4.79 Å². The third-order valence-electron chi connectivity index (χ3n) is 5.14. The van der Waals surface area contributed by atoms with Crippen molar-refractivity contribution in [3.63, 3.8) is 0 Å². The zero-order valence-corrected chi connectivity index (χ0v) is 18.2. The number of esters is 1. The van der Waals surface area contributed by atoms with Gasteiger partial charge in [0.05, 0.1) is 12.7 Å². The van der Waals surface area contributed by atoms with Crippen molar-refractivity contribution >= 4 is 29.4 Å². The van der Waals surface area contributed by atoms with Crippen LogP contribution in [0.2, 0.25) is 0 Å². The first kappa shape index (κ1) is 23.1. The van der Waals surface area contributed by atoms with Crippen LogP contribution in [-0.4, -0.2) is 56.0 Å². The molecule has 0 radical (unpaired) electrons. The molecule has 0 unspecified atom stereocenters. The average Bonchev–Trinajstić information content (AvgIpc) is 3.24. The van der Waals surface area contributed by atoms with E-state index < -0.39 is 5.97 Å². The highest BCUT2D eigenvalue weighted by Crippen LogP contribution is 2.22. The number of carbonyl (C=O) groups is 3. The lowest BCUT2D eigenvalue weighted by Crippen LogP contribution is -2.33. The second kappa shape index (κ2) is 11.7. The molecule has 0 atom stereocenters. The van der Waals surface area contributed by atoms with Gasteiger partial charge in [0.1, 0.15) is 5.75 Å². The SMILES string of the molecule is COc1cccc(/C=C(/C(=O)OCC(=O)NCCCN2CCCC2=O)c2ccccc2)c1. The Hall–Kier alpha value is -3.61. The Morgan fingerprint density at radius 2 is 1.94 bits per heavy atom.